The molecule has 5 heteroatoms. The quantitative estimate of drug-likeness (QED) is 0.798. The molecule has 0 atom stereocenters. The molecule has 0 aliphatic rings. The van der Waals surface area contributed by atoms with Crippen LogP contribution in [0.3, 0.4) is 0 Å². The molecule has 0 aliphatic carbocycles. The van der Waals surface area contributed by atoms with Gasteiger partial charge in [0.2, 0.25) is 0 Å². The molecule has 2 aromatic heterocycles. The smallest absolute Gasteiger partial charge is 0.199 e. The highest BCUT2D eigenvalue weighted by molar-refractivity contribution is 6.30. The van der Waals surface area contributed by atoms with Gasteiger partial charge in [-0.1, -0.05) is 18.2 Å². The third kappa shape index (κ3) is 2.66. The highest BCUT2D eigenvalue weighted by atomic mass is 35.5. The summed E-state index contributed by atoms with van der Waals surface area (Å²) < 4.78 is 5.51. The van der Waals surface area contributed by atoms with Crippen molar-refractivity contribution in [1.29, 1.82) is 0 Å². The molecule has 0 fully saturated rings. The molecule has 102 valence electrons. The van der Waals surface area contributed by atoms with Crippen LogP contribution in [0.4, 0.5) is 0 Å². The number of benzene rings is 1. The van der Waals surface area contributed by atoms with E-state index in [2.05, 4.69) is 15.3 Å². The van der Waals surface area contributed by atoms with Crippen LogP contribution in [0.2, 0.25) is 5.22 Å². The zero-order valence-corrected chi connectivity index (χ0v) is 11.8. The van der Waals surface area contributed by atoms with Crippen LogP contribution in [0.1, 0.15) is 17.0 Å². The predicted octanol–water partition coefficient (Wildman–Crippen LogP) is 3.47. The number of hydrogen-bond donors (Lipinski definition) is 1. The maximum atomic E-state index is 6.14. The van der Waals surface area contributed by atoms with Gasteiger partial charge >= 0.3 is 0 Å². The van der Waals surface area contributed by atoms with Crippen LogP contribution < -0.4 is 5.32 Å². The van der Waals surface area contributed by atoms with Crippen LogP contribution >= 0.6 is 11.6 Å². The molecule has 0 saturated heterocycles. The zero-order chi connectivity index (χ0) is 13.9. The summed E-state index contributed by atoms with van der Waals surface area (Å²) >= 11 is 6.14. The molecule has 1 N–H and O–H groups in total. The first-order valence-corrected chi connectivity index (χ1v) is 6.76. The lowest BCUT2D eigenvalue weighted by Gasteiger charge is -2.03. The number of furan rings is 1. The van der Waals surface area contributed by atoms with E-state index >= 15 is 0 Å². The molecular weight excluding hydrogens is 274 g/mol. The normalized spacial score (nSPS) is 11.1. The van der Waals surface area contributed by atoms with Crippen LogP contribution in [-0.4, -0.2) is 9.97 Å². The Labute approximate surface area is 121 Å². The van der Waals surface area contributed by atoms with Gasteiger partial charge in [-0.2, -0.15) is 0 Å². The van der Waals surface area contributed by atoms with Gasteiger partial charge in [0.25, 0.3) is 0 Å². The minimum absolute atomic E-state index is 0.439. The number of nitrogens with zero attached hydrogens (tertiary/aromatic N) is 2. The van der Waals surface area contributed by atoms with E-state index in [1.165, 1.54) is 0 Å². The van der Waals surface area contributed by atoms with E-state index in [4.69, 9.17) is 16.0 Å². The van der Waals surface area contributed by atoms with Crippen molar-refractivity contribution in [2.24, 2.45) is 0 Å². The first kappa shape index (κ1) is 13.1. The topological polar surface area (TPSA) is 51.0 Å². The molecule has 0 unspecified atom stereocenters. The Bertz CT molecular complexity index is 722. The number of aryl methyl sites for hydroxylation is 1. The van der Waals surface area contributed by atoms with Crippen molar-refractivity contribution in [3.8, 4) is 0 Å². The van der Waals surface area contributed by atoms with Gasteiger partial charge < -0.3 is 9.73 Å². The Morgan fingerprint density at radius 3 is 2.80 bits per heavy atom. The van der Waals surface area contributed by atoms with Gasteiger partial charge in [-0.05, 0) is 24.6 Å². The number of para-hydroxylation sites is 1. The molecule has 2 heterocycles. The Balaban J connectivity index is 1.71. The Morgan fingerprint density at radius 1 is 1.15 bits per heavy atom. The predicted molar refractivity (Wildman–Crippen MR) is 78.5 cm³/mol. The summed E-state index contributed by atoms with van der Waals surface area (Å²) in [6.07, 6.45) is 3.54. The molecule has 0 spiro atoms. The third-order valence-corrected chi connectivity index (χ3v) is 3.40. The Hall–Kier alpha value is -1.91. The first-order valence-electron chi connectivity index (χ1n) is 6.38. The van der Waals surface area contributed by atoms with E-state index in [0.29, 0.717) is 18.3 Å². The van der Waals surface area contributed by atoms with Crippen molar-refractivity contribution in [1.82, 2.24) is 15.3 Å². The van der Waals surface area contributed by atoms with Gasteiger partial charge in [0.05, 0.1) is 11.4 Å². The monoisotopic (exact) mass is 287 g/mol. The highest BCUT2D eigenvalue weighted by Crippen LogP contribution is 2.29. The van der Waals surface area contributed by atoms with Crippen LogP contribution in [0, 0.1) is 6.92 Å². The largest absolute Gasteiger partial charge is 0.444 e. The van der Waals surface area contributed by atoms with Gasteiger partial charge in [-0.3, -0.25) is 9.97 Å². The molecule has 3 rings (SSSR count). The molecule has 1 aromatic carbocycles. The standard InChI is InChI=1S/C15H14ClN3O/c1-10-6-19-11(8-18-10)7-17-9-13-12-4-2-3-5-14(12)20-15(13)16/h2-6,8,17H,7,9H2,1H3. The number of fused-ring (bicyclic) bond motifs is 1. The Morgan fingerprint density at radius 2 is 2.00 bits per heavy atom. The van der Waals surface area contributed by atoms with Gasteiger partial charge in [0.15, 0.2) is 5.22 Å². The SMILES string of the molecule is Cc1cnc(CNCc2c(Cl)oc3ccccc23)cn1. The number of hydrogen-bond acceptors (Lipinski definition) is 4. The molecule has 4 nitrogen and oxygen atoms in total. The molecule has 3 aromatic rings. The lowest BCUT2D eigenvalue weighted by molar-refractivity contribution is 0.602. The number of aromatic nitrogens is 2. The van der Waals surface area contributed by atoms with Gasteiger partial charge in [0, 0.05) is 36.4 Å². The molecule has 0 bridgehead atoms. The molecule has 0 radical (unpaired) electrons. The van der Waals surface area contributed by atoms with E-state index in [1.54, 1.807) is 12.4 Å². The van der Waals surface area contributed by atoms with Crippen LogP contribution in [0.25, 0.3) is 11.0 Å². The summed E-state index contributed by atoms with van der Waals surface area (Å²) in [6, 6.07) is 7.83. The van der Waals surface area contributed by atoms with Gasteiger partial charge in [-0.15, -0.1) is 0 Å². The fourth-order valence-electron chi connectivity index (χ4n) is 2.06. The summed E-state index contributed by atoms with van der Waals surface area (Å²) in [4.78, 5) is 8.52. The summed E-state index contributed by atoms with van der Waals surface area (Å²) in [5.41, 5.74) is 3.60. The van der Waals surface area contributed by atoms with E-state index in [-0.39, 0.29) is 0 Å². The van der Waals surface area contributed by atoms with E-state index in [9.17, 15) is 0 Å². The summed E-state index contributed by atoms with van der Waals surface area (Å²) in [5.74, 6) is 0. The number of nitrogens with one attached hydrogen (secondary N) is 1. The fraction of sp³-hybridized carbons (Fsp3) is 0.200. The molecular formula is C15H14ClN3O. The van der Waals surface area contributed by atoms with Crippen molar-refractivity contribution in [2.75, 3.05) is 0 Å². The second-order valence-electron chi connectivity index (χ2n) is 4.60. The third-order valence-electron chi connectivity index (χ3n) is 3.09. The average Bonchev–Trinajstić information content (AvgIpc) is 2.77. The first-order chi connectivity index (χ1) is 9.74. The van der Waals surface area contributed by atoms with E-state index in [0.717, 1.165) is 27.9 Å². The lowest BCUT2D eigenvalue weighted by atomic mass is 10.2. The van der Waals surface area contributed by atoms with Crippen LogP contribution in [0.5, 0.6) is 0 Å². The maximum Gasteiger partial charge on any atom is 0.199 e. The highest BCUT2D eigenvalue weighted by Gasteiger charge is 2.11. The molecule has 20 heavy (non-hydrogen) atoms. The van der Waals surface area contributed by atoms with Crippen LogP contribution in [-0.2, 0) is 13.1 Å². The van der Waals surface area contributed by atoms with Crippen molar-refractivity contribution < 1.29 is 4.42 Å². The number of halogens is 1. The molecule has 0 amide bonds. The van der Waals surface area contributed by atoms with Gasteiger partial charge in [-0.25, -0.2) is 0 Å². The summed E-state index contributed by atoms with van der Waals surface area (Å²) in [5, 5.41) is 4.79. The second-order valence-corrected chi connectivity index (χ2v) is 4.95. The van der Waals surface area contributed by atoms with Gasteiger partial charge in [0.1, 0.15) is 5.58 Å². The number of rotatable bonds is 4. The minimum Gasteiger partial charge on any atom is -0.444 e. The van der Waals surface area contributed by atoms with Crippen molar-refractivity contribution >= 4 is 22.6 Å². The Kier molecular flexibility index (Phi) is 3.67. The fourth-order valence-corrected chi connectivity index (χ4v) is 2.31. The van der Waals surface area contributed by atoms with E-state index < -0.39 is 0 Å². The summed E-state index contributed by atoms with van der Waals surface area (Å²) in [7, 11) is 0. The average molecular weight is 288 g/mol. The van der Waals surface area contributed by atoms with Crippen molar-refractivity contribution in [3.05, 3.63) is 58.8 Å². The van der Waals surface area contributed by atoms with E-state index in [1.807, 2.05) is 31.2 Å². The summed E-state index contributed by atoms with van der Waals surface area (Å²) in [6.45, 7) is 3.19. The molecule has 0 aliphatic heterocycles. The van der Waals surface area contributed by atoms with Crippen molar-refractivity contribution in [3.63, 3.8) is 0 Å². The molecule has 0 saturated carbocycles. The minimum atomic E-state index is 0.439. The zero-order valence-electron chi connectivity index (χ0n) is 11.1. The second kappa shape index (κ2) is 5.61. The van der Waals surface area contributed by atoms with Crippen molar-refractivity contribution in [2.45, 2.75) is 20.0 Å². The lowest BCUT2D eigenvalue weighted by Crippen LogP contribution is -2.14. The van der Waals surface area contributed by atoms with Crippen LogP contribution in [0.15, 0.2) is 41.1 Å². The maximum absolute atomic E-state index is 6.14.